The molecule has 0 unspecified atom stereocenters. The second-order valence-electron chi connectivity index (χ2n) is 14.3. The Morgan fingerprint density at radius 2 is 1.88 bits per heavy atom. The molecule has 0 saturated heterocycles. The fourth-order valence-corrected chi connectivity index (χ4v) is 8.15. The summed E-state index contributed by atoms with van der Waals surface area (Å²) >= 11 is 1.34. The van der Waals surface area contributed by atoms with Crippen LogP contribution in [-0.4, -0.2) is 82.4 Å². The lowest BCUT2D eigenvalue weighted by atomic mass is 9.81. The first kappa shape index (κ1) is 39.6. The van der Waals surface area contributed by atoms with Crippen LogP contribution < -0.4 is 25.4 Å². The number of nitrogens with one attached hydrogen (secondary N) is 3. The molecule has 298 valence electrons. The first-order valence-electron chi connectivity index (χ1n) is 18.7. The van der Waals surface area contributed by atoms with E-state index in [-0.39, 0.29) is 63.0 Å². The van der Waals surface area contributed by atoms with Crippen molar-refractivity contribution in [3.63, 3.8) is 0 Å². The molecule has 3 aliphatic heterocycles. The standard InChI is InChI=1S/C40H43BF2N6O7S/c1-25-20-26(2)48-33(25)22-30-7-6-29(49(30)41(48,42)43)8-11-36(50)44-14-16-54-17-18-55-34-21-28-12-13-46-40(3,24-37(51)47-39-45-15-19-57-39)32(28)23-35(34)56-31-9-4-27(5-10-31)38(52)53/h4-7,9-10,15,19-23,46H,8,11-14,16-18,24H2,1-3H3,(H,44,50)(H,52,53)(H,45,47,51)/t40-/m1/s1. The monoisotopic (exact) mass is 800 g/mol. The summed E-state index contributed by atoms with van der Waals surface area (Å²) in [5.74, 6) is -0.309. The maximum Gasteiger partial charge on any atom is 0.737 e. The molecule has 4 aromatic rings. The molecule has 17 heteroatoms. The van der Waals surface area contributed by atoms with E-state index >= 15 is 8.63 Å². The van der Waals surface area contributed by atoms with E-state index in [1.165, 1.54) is 23.5 Å². The number of carbonyl (C=O) groups excluding carboxylic acids is 2. The molecule has 4 N–H and O–H groups in total. The van der Waals surface area contributed by atoms with Gasteiger partial charge in [0.25, 0.3) is 0 Å². The van der Waals surface area contributed by atoms with Crippen LogP contribution in [0.2, 0.25) is 0 Å². The zero-order valence-corrected chi connectivity index (χ0v) is 32.6. The third kappa shape index (κ3) is 8.55. The summed E-state index contributed by atoms with van der Waals surface area (Å²) in [5, 5.41) is 20.8. The Balaban J connectivity index is 0.934. The van der Waals surface area contributed by atoms with Crippen molar-refractivity contribution >= 4 is 53.0 Å². The Morgan fingerprint density at radius 3 is 2.63 bits per heavy atom. The van der Waals surface area contributed by atoms with Gasteiger partial charge in [-0.05, 0) is 92.0 Å². The maximum absolute atomic E-state index is 15.7. The highest BCUT2D eigenvalue weighted by atomic mass is 32.1. The molecule has 57 heavy (non-hydrogen) atoms. The molecule has 2 aromatic heterocycles. The number of hydrogen-bond acceptors (Lipinski definition) is 9. The zero-order valence-electron chi connectivity index (χ0n) is 31.8. The first-order valence-corrected chi connectivity index (χ1v) is 19.6. The Kier molecular flexibility index (Phi) is 11.4. The predicted molar refractivity (Wildman–Crippen MR) is 213 cm³/mol. The zero-order chi connectivity index (χ0) is 40.3. The molecule has 2 amide bonds. The lowest BCUT2D eigenvalue weighted by Gasteiger charge is -2.37. The van der Waals surface area contributed by atoms with Crippen LogP contribution in [0, 0.1) is 13.8 Å². The molecule has 3 aliphatic rings. The molecule has 0 saturated carbocycles. The molecule has 7 rings (SSSR count). The van der Waals surface area contributed by atoms with E-state index in [0.717, 1.165) is 25.7 Å². The van der Waals surface area contributed by atoms with Crippen LogP contribution in [0.25, 0.3) is 6.08 Å². The number of carbonyl (C=O) groups is 3. The van der Waals surface area contributed by atoms with Crippen molar-refractivity contribution in [2.75, 3.05) is 38.2 Å². The number of allylic oxidation sites excluding steroid dienone is 2. The fourth-order valence-electron chi connectivity index (χ4n) is 7.60. The smallest absolute Gasteiger partial charge is 0.487 e. The summed E-state index contributed by atoms with van der Waals surface area (Å²) in [5.41, 5.74) is 3.84. The number of amides is 2. The highest BCUT2D eigenvalue weighted by Gasteiger charge is 2.52. The van der Waals surface area contributed by atoms with Crippen LogP contribution in [0.15, 0.2) is 71.9 Å². The Hall–Kier alpha value is -5.65. The second kappa shape index (κ2) is 16.4. The van der Waals surface area contributed by atoms with E-state index in [1.54, 1.807) is 54.9 Å². The van der Waals surface area contributed by atoms with Crippen LogP contribution in [0.5, 0.6) is 17.2 Å². The molecule has 0 bridgehead atoms. The third-order valence-corrected chi connectivity index (χ3v) is 11.0. The molecule has 1 atom stereocenters. The third-order valence-electron chi connectivity index (χ3n) is 10.3. The highest BCUT2D eigenvalue weighted by molar-refractivity contribution is 7.13. The lowest BCUT2D eigenvalue weighted by Crippen LogP contribution is -2.50. The highest BCUT2D eigenvalue weighted by Crippen LogP contribution is 2.41. The topological polar surface area (TPSA) is 156 Å². The number of fused-ring (bicyclic) bond motifs is 3. The van der Waals surface area contributed by atoms with Gasteiger partial charge < -0.3 is 52.9 Å². The van der Waals surface area contributed by atoms with Crippen LogP contribution in [0.1, 0.15) is 64.6 Å². The van der Waals surface area contributed by atoms with Crippen molar-refractivity contribution in [2.24, 2.45) is 0 Å². The summed E-state index contributed by atoms with van der Waals surface area (Å²) in [7, 11) is 0. The SMILES string of the molecule is Cc1cc(C)n2c1C=C1C=CC(CCC(=O)NCCOCCOc3cc4c(cc3Oc3ccc(C(=O)O)cc3)[C@@](C)(CC(=O)Nc3nccs3)NCC4)=[N+]1[B-]2(F)F. The van der Waals surface area contributed by atoms with Crippen molar-refractivity contribution < 1.29 is 46.8 Å². The molecule has 2 aromatic carbocycles. The minimum absolute atomic E-state index is 0.0422. The number of aromatic carboxylic acids is 1. The van der Waals surface area contributed by atoms with Crippen LogP contribution in [0.3, 0.4) is 0 Å². The van der Waals surface area contributed by atoms with Gasteiger partial charge in [-0.15, -0.1) is 11.3 Å². The van der Waals surface area contributed by atoms with E-state index in [9.17, 15) is 19.5 Å². The van der Waals surface area contributed by atoms with Crippen LogP contribution in [-0.2, 0) is 26.3 Å². The molecular weight excluding hydrogens is 757 g/mol. The lowest BCUT2D eigenvalue weighted by molar-refractivity contribution is -0.362. The van der Waals surface area contributed by atoms with E-state index < -0.39 is 18.5 Å². The number of anilines is 1. The van der Waals surface area contributed by atoms with Gasteiger partial charge in [0.15, 0.2) is 22.3 Å². The van der Waals surface area contributed by atoms with E-state index in [2.05, 4.69) is 20.9 Å². The van der Waals surface area contributed by atoms with Gasteiger partial charge in [0, 0.05) is 73.4 Å². The van der Waals surface area contributed by atoms with Gasteiger partial charge in [0.1, 0.15) is 18.1 Å². The molecule has 0 fully saturated rings. The number of benzene rings is 2. The molecule has 5 heterocycles. The first-order chi connectivity index (χ1) is 27.3. The van der Waals surface area contributed by atoms with E-state index in [4.69, 9.17) is 14.2 Å². The maximum atomic E-state index is 15.7. The summed E-state index contributed by atoms with van der Waals surface area (Å²) in [4.78, 5) is 41.3. The largest absolute Gasteiger partial charge is 0.737 e. The number of halogens is 2. The number of carboxylic acid groups (broad SMARTS) is 1. The van der Waals surface area contributed by atoms with Gasteiger partial charge >= 0.3 is 12.9 Å². The second-order valence-corrected chi connectivity index (χ2v) is 15.2. The number of aryl methyl sites for hydroxylation is 2. The van der Waals surface area contributed by atoms with Crippen molar-refractivity contribution in [3.05, 3.63) is 106 Å². The number of carboxylic acids is 1. The van der Waals surface area contributed by atoms with Gasteiger partial charge in [0.05, 0.1) is 18.8 Å². The van der Waals surface area contributed by atoms with Crippen molar-refractivity contribution in [1.29, 1.82) is 0 Å². The quantitative estimate of drug-likeness (QED) is 0.0785. The molecule has 0 aliphatic carbocycles. The average molecular weight is 801 g/mol. The Bertz CT molecular complexity index is 2290. The minimum atomic E-state index is -4.09. The number of thiazole rings is 1. The molecule has 0 radical (unpaired) electrons. The summed E-state index contributed by atoms with van der Waals surface area (Å²) in [6.07, 6.45) is 7.72. The normalized spacial score (nSPS) is 17.7. The number of nitrogens with zero attached hydrogens (tertiary/aromatic N) is 3. The Labute approximate surface area is 332 Å². The van der Waals surface area contributed by atoms with E-state index in [1.807, 2.05) is 26.0 Å². The summed E-state index contributed by atoms with van der Waals surface area (Å²) < 4.78 is 51.7. The summed E-state index contributed by atoms with van der Waals surface area (Å²) in [6.45, 7) is 2.78. The predicted octanol–water partition coefficient (Wildman–Crippen LogP) is 6.03. The van der Waals surface area contributed by atoms with Crippen molar-refractivity contribution in [2.45, 2.75) is 52.0 Å². The van der Waals surface area contributed by atoms with Gasteiger partial charge in [-0.2, -0.15) is 0 Å². The van der Waals surface area contributed by atoms with Crippen LogP contribution in [0.4, 0.5) is 13.8 Å². The van der Waals surface area contributed by atoms with Crippen LogP contribution >= 0.6 is 11.3 Å². The van der Waals surface area contributed by atoms with Gasteiger partial charge in [-0.25, -0.2) is 9.78 Å². The fraction of sp³-hybridized carbons (Fsp3) is 0.325. The number of ether oxygens (including phenoxy) is 3. The number of rotatable bonds is 16. The number of aromatic nitrogens is 2. The van der Waals surface area contributed by atoms with Crippen molar-refractivity contribution in [3.8, 4) is 17.2 Å². The van der Waals surface area contributed by atoms with Crippen molar-refractivity contribution in [1.82, 2.24) is 20.1 Å². The van der Waals surface area contributed by atoms with E-state index in [0.29, 0.717) is 58.1 Å². The number of hydrogen-bond donors (Lipinski definition) is 4. The molecule has 0 spiro atoms. The average Bonchev–Trinajstić information content (AvgIpc) is 3.90. The Morgan fingerprint density at radius 1 is 1.07 bits per heavy atom. The summed E-state index contributed by atoms with van der Waals surface area (Å²) in [6, 6.07) is 11.5. The van der Waals surface area contributed by atoms with Gasteiger partial charge in [-0.3, -0.25) is 9.59 Å². The molecular formula is C40H43BF2N6O7S. The minimum Gasteiger partial charge on any atom is -0.487 e. The van der Waals surface area contributed by atoms with Gasteiger partial charge in [0.2, 0.25) is 11.8 Å². The molecule has 13 nitrogen and oxygen atoms in total. The van der Waals surface area contributed by atoms with Gasteiger partial charge in [-0.1, -0.05) is 0 Å².